The molecule has 2 heterocycles. The van der Waals surface area contributed by atoms with Gasteiger partial charge in [-0.1, -0.05) is 48.5 Å². The number of phenolic OH excluding ortho intramolecular Hbond substituents is 2. The minimum absolute atomic E-state index is 0. The molecule has 0 atom stereocenters. The standard InChI is InChI=1S/C27H22N4O2.Pt/c32-26-15-7-5-13-24(26)30-18-28(20-9-1-3-11-22(20)30)17-29-19-31(23-12-4-2-10-21(23)29)25-14-6-8-16-27(25)33;/h1-16,18-19,32-33H,17H2;/q-2;+2. The smallest absolute Gasteiger partial charge is 0.506 e. The Morgan fingerprint density at radius 3 is 1.18 bits per heavy atom. The van der Waals surface area contributed by atoms with Crippen LogP contribution < -0.4 is 19.6 Å². The number of hydrogen-bond acceptors (Lipinski definition) is 6. The van der Waals surface area contributed by atoms with E-state index in [0.717, 1.165) is 34.1 Å². The van der Waals surface area contributed by atoms with Gasteiger partial charge >= 0.3 is 21.1 Å². The van der Waals surface area contributed by atoms with Crippen LogP contribution in [0.3, 0.4) is 0 Å². The van der Waals surface area contributed by atoms with Crippen LogP contribution in [0, 0.1) is 13.3 Å². The molecule has 0 bridgehead atoms. The number of para-hydroxylation sites is 8. The van der Waals surface area contributed by atoms with Crippen LogP contribution >= 0.6 is 0 Å². The van der Waals surface area contributed by atoms with Gasteiger partial charge in [0.15, 0.2) is 0 Å². The van der Waals surface area contributed by atoms with Crippen molar-refractivity contribution >= 4 is 34.1 Å². The van der Waals surface area contributed by atoms with Gasteiger partial charge in [-0.3, -0.25) is 0 Å². The SMILES string of the molecule is Oc1ccccc1N1[CH-]N(CN2[CH-]N(c3ccccc3O)c3ccccc32)c2ccccc21.[Pt+2]. The Balaban J connectivity index is 0.00000241. The summed E-state index contributed by atoms with van der Waals surface area (Å²) in [7, 11) is 0. The van der Waals surface area contributed by atoms with E-state index >= 15 is 0 Å². The molecule has 2 aliphatic heterocycles. The van der Waals surface area contributed by atoms with Gasteiger partial charge in [-0.25, -0.2) is 0 Å². The third-order valence-corrected chi connectivity index (χ3v) is 6.00. The Hall–Kier alpha value is -3.63. The molecule has 0 unspecified atom stereocenters. The summed E-state index contributed by atoms with van der Waals surface area (Å²) < 4.78 is 0. The van der Waals surface area contributed by atoms with Gasteiger partial charge in [-0.05, 0) is 48.5 Å². The fraction of sp³-hybridized carbons (Fsp3) is 0.0370. The van der Waals surface area contributed by atoms with Crippen LogP contribution in [0.1, 0.15) is 0 Å². The maximum atomic E-state index is 10.5. The van der Waals surface area contributed by atoms with Crippen LogP contribution in [-0.4, -0.2) is 16.9 Å². The summed E-state index contributed by atoms with van der Waals surface area (Å²) in [5.74, 6) is 0.462. The molecule has 0 aromatic heterocycles. The number of nitrogens with zero attached hydrogens (tertiary/aromatic N) is 4. The van der Waals surface area contributed by atoms with Crippen LogP contribution in [0.2, 0.25) is 0 Å². The van der Waals surface area contributed by atoms with Crippen molar-refractivity contribution in [3.05, 3.63) is 110 Å². The first-order valence-corrected chi connectivity index (χ1v) is 10.8. The van der Waals surface area contributed by atoms with E-state index in [2.05, 4.69) is 21.9 Å². The first-order chi connectivity index (χ1) is 16.2. The summed E-state index contributed by atoms with van der Waals surface area (Å²) in [4.78, 5) is 8.33. The maximum absolute atomic E-state index is 10.5. The molecule has 0 aliphatic carbocycles. The van der Waals surface area contributed by atoms with Gasteiger partial charge in [0, 0.05) is 29.4 Å². The average molecular weight is 630 g/mol. The van der Waals surface area contributed by atoms with Crippen molar-refractivity contribution in [1.82, 2.24) is 0 Å². The van der Waals surface area contributed by atoms with Gasteiger partial charge in [-0.2, -0.15) is 0 Å². The fourth-order valence-electron chi connectivity index (χ4n) is 4.46. The van der Waals surface area contributed by atoms with Crippen molar-refractivity contribution in [2.24, 2.45) is 0 Å². The second-order valence-electron chi connectivity index (χ2n) is 8.01. The molecule has 172 valence electrons. The Morgan fingerprint density at radius 2 is 0.794 bits per heavy atom. The molecule has 4 aromatic carbocycles. The molecule has 0 saturated carbocycles. The number of fused-ring (bicyclic) bond motifs is 2. The number of rotatable bonds is 4. The zero-order valence-corrected chi connectivity index (χ0v) is 20.4. The van der Waals surface area contributed by atoms with Gasteiger partial charge in [0.25, 0.3) is 0 Å². The molecule has 7 heteroatoms. The molecule has 0 spiro atoms. The number of anilines is 6. The van der Waals surface area contributed by atoms with Gasteiger partial charge in [0.05, 0.1) is 11.4 Å². The normalized spacial score (nSPS) is 14.1. The van der Waals surface area contributed by atoms with Gasteiger partial charge in [0.2, 0.25) is 0 Å². The predicted octanol–water partition coefficient (Wildman–Crippen LogP) is 5.91. The molecule has 0 saturated heterocycles. The van der Waals surface area contributed by atoms with E-state index in [1.54, 1.807) is 12.1 Å². The van der Waals surface area contributed by atoms with Crippen LogP contribution in [0.15, 0.2) is 97.1 Å². The monoisotopic (exact) mass is 629 g/mol. The largest absolute Gasteiger partial charge is 2.00 e. The van der Waals surface area contributed by atoms with E-state index in [1.807, 2.05) is 95.9 Å². The third kappa shape index (κ3) is 3.64. The molecular weight excluding hydrogens is 607 g/mol. The summed E-state index contributed by atoms with van der Waals surface area (Å²) in [5.41, 5.74) is 5.57. The molecule has 0 amide bonds. The van der Waals surface area contributed by atoms with Crippen LogP contribution in [-0.2, 0) is 21.1 Å². The maximum Gasteiger partial charge on any atom is 2.00 e. The number of phenols is 2. The molecule has 34 heavy (non-hydrogen) atoms. The molecule has 0 fully saturated rings. The Kier molecular flexibility index (Phi) is 5.84. The Labute approximate surface area is 213 Å². The van der Waals surface area contributed by atoms with E-state index in [1.165, 1.54) is 0 Å². The summed E-state index contributed by atoms with van der Waals surface area (Å²) in [6.07, 6.45) is 0. The number of benzene rings is 4. The topological polar surface area (TPSA) is 53.4 Å². The number of hydrogen-bond donors (Lipinski definition) is 2. The first kappa shape index (κ1) is 22.2. The van der Waals surface area contributed by atoms with Gasteiger partial charge in [-0.15, -0.1) is 13.3 Å². The molecule has 0 radical (unpaired) electrons. The van der Waals surface area contributed by atoms with Crippen LogP contribution in [0.25, 0.3) is 0 Å². The first-order valence-electron chi connectivity index (χ1n) is 10.8. The van der Waals surface area contributed by atoms with Crippen molar-refractivity contribution in [1.29, 1.82) is 0 Å². The summed E-state index contributed by atoms with van der Waals surface area (Å²) >= 11 is 0. The Morgan fingerprint density at radius 1 is 0.471 bits per heavy atom. The van der Waals surface area contributed by atoms with E-state index in [-0.39, 0.29) is 32.6 Å². The summed E-state index contributed by atoms with van der Waals surface area (Å²) in [6, 6.07) is 31.0. The van der Waals surface area contributed by atoms with Crippen molar-refractivity contribution in [3.63, 3.8) is 0 Å². The molecule has 6 rings (SSSR count). The van der Waals surface area contributed by atoms with Gasteiger partial charge < -0.3 is 29.8 Å². The van der Waals surface area contributed by atoms with Crippen molar-refractivity contribution in [2.75, 3.05) is 26.3 Å². The summed E-state index contributed by atoms with van der Waals surface area (Å²) in [6.45, 7) is 4.58. The quantitative estimate of drug-likeness (QED) is 0.274. The van der Waals surface area contributed by atoms with E-state index in [0.29, 0.717) is 6.67 Å². The summed E-state index contributed by atoms with van der Waals surface area (Å²) in [5, 5.41) is 20.9. The number of aromatic hydroxyl groups is 2. The van der Waals surface area contributed by atoms with Crippen molar-refractivity contribution < 1.29 is 31.3 Å². The van der Waals surface area contributed by atoms with Crippen molar-refractivity contribution in [2.45, 2.75) is 0 Å². The van der Waals surface area contributed by atoms with Crippen molar-refractivity contribution in [3.8, 4) is 11.5 Å². The molecule has 2 aliphatic rings. The molecule has 4 aromatic rings. The van der Waals surface area contributed by atoms with Gasteiger partial charge in [0.1, 0.15) is 11.5 Å². The Bertz CT molecular complexity index is 1230. The van der Waals surface area contributed by atoms with E-state index < -0.39 is 0 Å². The molecule has 2 N–H and O–H groups in total. The van der Waals surface area contributed by atoms with E-state index in [4.69, 9.17) is 0 Å². The fourth-order valence-corrected chi connectivity index (χ4v) is 4.46. The minimum Gasteiger partial charge on any atom is -0.506 e. The third-order valence-electron chi connectivity index (χ3n) is 6.00. The average Bonchev–Trinajstić information content (AvgIpc) is 3.39. The zero-order chi connectivity index (χ0) is 22.4. The minimum atomic E-state index is 0. The zero-order valence-electron chi connectivity index (χ0n) is 18.1. The van der Waals surface area contributed by atoms with E-state index in [9.17, 15) is 10.2 Å². The molecule has 6 nitrogen and oxygen atoms in total. The second kappa shape index (κ2) is 8.96. The van der Waals surface area contributed by atoms with Crippen LogP contribution in [0.5, 0.6) is 11.5 Å². The van der Waals surface area contributed by atoms with Crippen LogP contribution in [0.4, 0.5) is 34.1 Å². The molecular formula is C27H22N4O2Pt. The second-order valence-corrected chi connectivity index (χ2v) is 8.01. The predicted molar refractivity (Wildman–Crippen MR) is 132 cm³/mol.